The van der Waals surface area contributed by atoms with Gasteiger partial charge in [-0.05, 0) is 41.0 Å². The van der Waals surface area contributed by atoms with E-state index < -0.39 is 10.0 Å². The van der Waals surface area contributed by atoms with Crippen LogP contribution < -0.4 is 9.62 Å². The lowest BCUT2D eigenvalue weighted by Gasteiger charge is -2.23. The van der Waals surface area contributed by atoms with E-state index in [0.717, 1.165) is 16.7 Å². The van der Waals surface area contributed by atoms with Crippen LogP contribution in [-0.4, -0.2) is 20.6 Å². The molecule has 4 aromatic rings. The smallest absolute Gasteiger partial charge is 0.252 e. The van der Waals surface area contributed by atoms with Gasteiger partial charge in [0.15, 0.2) is 0 Å². The van der Waals surface area contributed by atoms with Crippen molar-refractivity contribution in [2.45, 2.75) is 12.6 Å². The third-order valence-electron chi connectivity index (χ3n) is 5.53. The Balaban J connectivity index is 1.57. The molecule has 4 aromatic carbocycles. The number of hydrogen-bond donors (Lipinski definition) is 1. The molecule has 0 aromatic heterocycles. The molecule has 34 heavy (non-hydrogen) atoms. The lowest BCUT2D eigenvalue weighted by Crippen LogP contribution is -2.30. The van der Waals surface area contributed by atoms with E-state index in [4.69, 9.17) is 0 Å². The van der Waals surface area contributed by atoms with Gasteiger partial charge in [0.25, 0.3) is 5.91 Å². The summed E-state index contributed by atoms with van der Waals surface area (Å²) in [5.74, 6) is -0.238. The highest BCUT2D eigenvalue weighted by Gasteiger charge is 2.20. The summed E-state index contributed by atoms with van der Waals surface area (Å²) in [6, 6.07) is 35.3. The van der Waals surface area contributed by atoms with Crippen LogP contribution in [-0.2, 0) is 16.6 Å². The van der Waals surface area contributed by atoms with Crippen LogP contribution in [0, 0.1) is 0 Å². The van der Waals surface area contributed by atoms with Crippen molar-refractivity contribution < 1.29 is 13.2 Å². The van der Waals surface area contributed by atoms with Crippen LogP contribution >= 0.6 is 0 Å². The molecule has 172 valence electrons. The van der Waals surface area contributed by atoms with Crippen molar-refractivity contribution in [1.29, 1.82) is 0 Å². The summed E-state index contributed by atoms with van der Waals surface area (Å²) in [4.78, 5) is 13.1. The topological polar surface area (TPSA) is 66.5 Å². The fourth-order valence-corrected chi connectivity index (χ4v) is 4.68. The summed E-state index contributed by atoms with van der Waals surface area (Å²) in [5.41, 5.74) is 3.79. The first kappa shape index (κ1) is 23.3. The van der Waals surface area contributed by atoms with E-state index >= 15 is 0 Å². The van der Waals surface area contributed by atoms with Crippen molar-refractivity contribution in [3.05, 3.63) is 138 Å². The number of carbonyl (C=O) groups is 1. The molecular formula is C28H26N2O3S. The van der Waals surface area contributed by atoms with Gasteiger partial charge in [0.05, 0.1) is 24.5 Å². The third kappa shape index (κ3) is 5.71. The summed E-state index contributed by atoms with van der Waals surface area (Å²) < 4.78 is 26.3. The maximum absolute atomic E-state index is 13.1. The van der Waals surface area contributed by atoms with E-state index in [-0.39, 0.29) is 18.5 Å². The number of carbonyl (C=O) groups excluding carboxylic acids is 1. The lowest BCUT2D eigenvalue weighted by molar-refractivity contribution is 0.0943. The van der Waals surface area contributed by atoms with Crippen LogP contribution in [0.25, 0.3) is 0 Å². The quantitative estimate of drug-likeness (QED) is 0.386. The Morgan fingerprint density at radius 2 is 1.21 bits per heavy atom. The van der Waals surface area contributed by atoms with Crippen molar-refractivity contribution >= 4 is 21.6 Å². The van der Waals surface area contributed by atoms with Crippen molar-refractivity contribution in [3.63, 3.8) is 0 Å². The molecule has 0 radical (unpaired) electrons. The molecule has 0 aliphatic heterocycles. The van der Waals surface area contributed by atoms with Gasteiger partial charge in [0.2, 0.25) is 10.0 Å². The van der Waals surface area contributed by atoms with E-state index in [2.05, 4.69) is 5.32 Å². The van der Waals surface area contributed by atoms with Crippen LogP contribution in [0.1, 0.15) is 33.1 Å². The lowest BCUT2D eigenvalue weighted by atomic mass is 9.98. The number of nitrogens with one attached hydrogen (secondary N) is 1. The highest BCUT2D eigenvalue weighted by Crippen LogP contribution is 2.24. The van der Waals surface area contributed by atoms with Crippen LogP contribution in [0.15, 0.2) is 115 Å². The van der Waals surface area contributed by atoms with Gasteiger partial charge in [0, 0.05) is 5.56 Å². The van der Waals surface area contributed by atoms with Gasteiger partial charge in [-0.3, -0.25) is 9.10 Å². The molecule has 1 N–H and O–H groups in total. The van der Waals surface area contributed by atoms with Gasteiger partial charge < -0.3 is 5.32 Å². The van der Waals surface area contributed by atoms with Gasteiger partial charge in [-0.1, -0.05) is 91.0 Å². The Morgan fingerprint density at radius 1 is 0.735 bits per heavy atom. The molecule has 0 bridgehead atoms. The molecule has 4 rings (SSSR count). The molecule has 0 saturated carbocycles. The zero-order valence-corrected chi connectivity index (χ0v) is 19.7. The van der Waals surface area contributed by atoms with Crippen molar-refractivity contribution in [2.75, 3.05) is 10.6 Å². The second-order valence-corrected chi connectivity index (χ2v) is 9.94. The molecule has 0 fully saturated rings. The number of anilines is 1. The molecule has 0 saturated heterocycles. The number of rotatable bonds is 8. The summed E-state index contributed by atoms with van der Waals surface area (Å²) >= 11 is 0. The van der Waals surface area contributed by atoms with E-state index in [1.807, 2.05) is 91.0 Å². The standard InChI is InChI=1S/C28H26N2O3S/c1-34(32,33)30(21-22-11-5-2-6-12-22)26-19-17-25(18-20-26)28(31)29-27(23-13-7-3-8-14-23)24-15-9-4-10-16-24/h2-20,27H,21H2,1H3,(H,29,31). The van der Waals surface area contributed by atoms with Crippen LogP contribution in [0.4, 0.5) is 5.69 Å². The number of nitrogens with zero attached hydrogens (tertiary/aromatic N) is 1. The Hall–Kier alpha value is -3.90. The molecule has 1 amide bonds. The number of benzene rings is 4. The number of sulfonamides is 1. The van der Waals surface area contributed by atoms with E-state index in [1.165, 1.54) is 10.6 Å². The Labute approximate surface area is 200 Å². The zero-order valence-electron chi connectivity index (χ0n) is 18.8. The van der Waals surface area contributed by atoms with Crippen molar-refractivity contribution in [2.24, 2.45) is 0 Å². The second kappa shape index (κ2) is 10.4. The Bertz CT molecular complexity index is 1290. The molecule has 0 aliphatic carbocycles. The molecule has 0 heterocycles. The maximum Gasteiger partial charge on any atom is 0.252 e. The predicted octanol–water partition coefficient (Wildman–Crippen LogP) is 5.17. The van der Waals surface area contributed by atoms with Crippen LogP contribution in [0.3, 0.4) is 0 Å². The summed E-state index contributed by atoms with van der Waals surface area (Å²) in [6.07, 6.45) is 1.18. The van der Waals surface area contributed by atoms with Crippen molar-refractivity contribution in [3.8, 4) is 0 Å². The summed E-state index contributed by atoms with van der Waals surface area (Å²) in [5, 5.41) is 3.11. The Morgan fingerprint density at radius 3 is 1.68 bits per heavy atom. The van der Waals surface area contributed by atoms with Crippen molar-refractivity contribution in [1.82, 2.24) is 5.32 Å². The maximum atomic E-state index is 13.1. The second-order valence-electron chi connectivity index (χ2n) is 8.03. The zero-order chi connectivity index (χ0) is 24.0. The SMILES string of the molecule is CS(=O)(=O)N(Cc1ccccc1)c1ccc(C(=O)NC(c2ccccc2)c2ccccc2)cc1. The minimum atomic E-state index is -3.51. The predicted molar refractivity (Wildman–Crippen MR) is 136 cm³/mol. The number of hydrogen-bond acceptors (Lipinski definition) is 3. The van der Waals surface area contributed by atoms with E-state index in [0.29, 0.717) is 11.3 Å². The van der Waals surface area contributed by atoms with E-state index in [1.54, 1.807) is 24.3 Å². The van der Waals surface area contributed by atoms with Gasteiger partial charge in [-0.15, -0.1) is 0 Å². The molecule has 0 aliphatic rings. The monoisotopic (exact) mass is 470 g/mol. The van der Waals surface area contributed by atoms with Gasteiger partial charge in [-0.2, -0.15) is 0 Å². The average Bonchev–Trinajstić information content (AvgIpc) is 2.87. The first-order chi connectivity index (χ1) is 16.4. The van der Waals surface area contributed by atoms with Gasteiger partial charge >= 0.3 is 0 Å². The molecule has 0 atom stereocenters. The average molecular weight is 471 g/mol. The largest absolute Gasteiger partial charge is 0.341 e. The summed E-state index contributed by atoms with van der Waals surface area (Å²) in [6.45, 7) is 0.218. The number of amides is 1. The fraction of sp³-hybridized carbons (Fsp3) is 0.107. The minimum Gasteiger partial charge on any atom is -0.341 e. The van der Waals surface area contributed by atoms with Gasteiger partial charge in [0.1, 0.15) is 0 Å². The normalized spacial score (nSPS) is 11.2. The molecular weight excluding hydrogens is 444 g/mol. The first-order valence-electron chi connectivity index (χ1n) is 10.9. The third-order valence-corrected chi connectivity index (χ3v) is 6.67. The van der Waals surface area contributed by atoms with E-state index in [9.17, 15) is 13.2 Å². The fourth-order valence-electron chi connectivity index (χ4n) is 3.79. The van der Waals surface area contributed by atoms with Crippen LogP contribution in [0.2, 0.25) is 0 Å². The molecule has 5 nitrogen and oxygen atoms in total. The van der Waals surface area contributed by atoms with Gasteiger partial charge in [-0.25, -0.2) is 8.42 Å². The van der Waals surface area contributed by atoms with Crippen LogP contribution in [0.5, 0.6) is 0 Å². The molecule has 0 unspecified atom stereocenters. The highest BCUT2D eigenvalue weighted by atomic mass is 32.2. The Kier molecular flexibility index (Phi) is 7.09. The molecule has 6 heteroatoms. The molecule has 0 spiro atoms. The highest BCUT2D eigenvalue weighted by molar-refractivity contribution is 7.92. The first-order valence-corrected chi connectivity index (χ1v) is 12.8. The summed E-state index contributed by atoms with van der Waals surface area (Å²) in [7, 11) is -3.51. The minimum absolute atomic E-state index is 0.218.